The van der Waals surface area contributed by atoms with Crippen molar-refractivity contribution in [1.82, 2.24) is 19.5 Å². The van der Waals surface area contributed by atoms with Gasteiger partial charge in [-0.15, -0.1) is 0 Å². The van der Waals surface area contributed by atoms with Gasteiger partial charge in [0.25, 0.3) is 0 Å². The minimum atomic E-state index is -0.753. The van der Waals surface area contributed by atoms with E-state index in [0.29, 0.717) is 23.4 Å². The molecule has 3 heterocycles. The molecule has 0 radical (unpaired) electrons. The first kappa shape index (κ1) is 11.1. The van der Waals surface area contributed by atoms with E-state index < -0.39 is 18.4 Å². The molecule has 8 heteroatoms. The fraction of sp³-hybridized carbons (Fsp3) is 0.400. The molecule has 8 nitrogen and oxygen atoms in total. The lowest BCUT2D eigenvalue weighted by Crippen LogP contribution is -2.21. The Morgan fingerprint density at radius 3 is 3.06 bits per heavy atom. The smallest absolute Gasteiger partial charge is 0.313 e. The van der Waals surface area contributed by atoms with Crippen molar-refractivity contribution in [3.63, 3.8) is 0 Å². The highest BCUT2D eigenvalue weighted by Gasteiger charge is 2.37. The number of aromatic nitrogens is 4. The zero-order valence-corrected chi connectivity index (χ0v) is 9.34. The van der Waals surface area contributed by atoms with Gasteiger partial charge >= 0.3 is 6.29 Å². The van der Waals surface area contributed by atoms with Crippen molar-refractivity contribution in [2.24, 2.45) is 0 Å². The van der Waals surface area contributed by atoms with Crippen LogP contribution < -0.4 is 5.73 Å². The molecule has 0 spiro atoms. The summed E-state index contributed by atoms with van der Waals surface area (Å²) in [4.78, 5) is 21.0. The van der Waals surface area contributed by atoms with E-state index >= 15 is 0 Å². The average molecular weight is 250 g/mol. The van der Waals surface area contributed by atoms with Crippen molar-refractivity contribution in [1.29, 1.82) is 0 Å². The summed E-state index contributed by atoms with van der Waals surface area (Å²) in [6, 6.07) is 0. The second-order valence-corrected chi connectivity index (χ2v) is 4.09. The van der Waals surface area contributed by atoms with Gasteiger partial charge in [0.1, 0.15) is 18.1 Å². The van der Waals surface area contributed by atoms with Crippen molar-refractivity contribution in [2.75, 3.05) is 5.73 Å². The van der Waals surface area contributed by atoms with E-state index in [9.17, 15) is 5.11 Å². The second kappa shape index (κ2) is 4.00. The topological polar surface area (TPSA) is 120 Å². The fourth-order valence-electron chi connectivity index (χ4n) is 2.06. The molecule has 18 heavy (non-hydrogen) atoms. The van der Waals surface area contributed by atoms with Crippen LogP contribution in [0, 0.1) is 0 Å². The minimum absolute atomic E-state index is 0.294. The maximum Gasteiger partial charge on any atom is 0.313 e. The predicted octanol–water partition coefficient (Wildman–Crippen LogP) is -0.768. The van der Waals surface area contributed by atoms with Crippen LogP contribution in [0.15, 0.2) is 12.7 Å². The molecule has 2 aromatic heterocycles. The van der Waals surface area contributed by atoms with Gasteiger partial charge in [-0.2, -0.15) is 0 Å². The van der Waals surface area contributed by atoms with Crippen LogP contribution in [0.1, 0.15) is 12.6 Å². The van der Waals surface area contributed by atoms with Crippen molar-refractivity contribution in [3.8, 4) is 0 Å². The second-order valence-electron chi connectivity index (χ2n) is 4.09. The SMILES string of the molecule is Nc1ncnc2c1ncn2[C@H]1C[C@H](O)[C@@H](C=[OH+])O1. The number of nitrogen functional groups attached to an aromatic ring is 1. The summed E-state index contributed by atoms with van der Waals surface area (Å²) in [5.74, 6) is 0.294. The van der Waals surface area contributed by atoms with E-state index in [1.54, 1.807) is 4.57 Å². The predicted molar refractivity (Wildman–Crippen MR) is 62.3 cm³/mol. The number of carbonyl (C=O) groups excluding carboxylic acids is 1. The van der Waals surface area contributed by atoms with Crippen LogP contribution in [0.3, 0.4) is 0 Å². The number of fused-ring (bicyclic) bond motifs is 1. The van der Waals surface area contributed by atoms with Crippen molar-refractivity contribution < 1.29 is 14.6 Å². The Balaban J connectivity index is 2.01. The normalized spacial score (nSPS) is 27.7. The fourth-order valence-corrected chi connectivity index (χ4v) is 2.06. The molecule has 4 N–H and O–H groups in total. The molecule has 2 aromatic rings. The monoisotopic (exact) mass is 250 g/mol. The number of hydrogen-bond donors (Lipinski definition) is 2. The van der Waals surface area contributed by atoms with Gasteiger partial charge in [0, 0.05) is 6.42 Å². The van der Waals surface area contributed by atoms with Gasteiger partial charge in [-0.3, -0.25) is 9.36 Å². The highest BCUT2D eigenvalue weighted by Crippen LogP contribution is 2.30. The van der Waals surface area contributed by atoms with Crippen LogP contribution >= 0.6 is 0 Å². The average Bonchev–Trinajstić information content (AvgIpc) is 2.93. The third kappa shape index (κ3) is 1.54. The number of hydrogen-bond acceptors (Lipinski definition) is 6. The van der Waals surface area contributed by atoms with E-state index in [-0.39, 0.29) is 0 Å². The Bertz CT molecular complexity index is 598. The van der Waals surface area contributed by atoms with Crippen LogP contribution in [0.2, 0.25) is 0 Å². The number of aliphatic hydroxyl groups is 1. The molecule has 0 unspecified atom stereocenters. The first-order valence-corrected chi connectivity index (χ1v) is 5.45. The molecule has 0 bridgehead atoms. The third-order valence-electron chi connectivity index (χ3n) is 2.98. The van der Waals surface area contributed by atoms with E-state index in [1.807, 2.05) is 0 Å². The standard InChI is InChI=1S/C10H11N5O3/c11-9-8-10(13-3-12-9)15(4-14-8)7-1-5(17)6(2-16)18-7/h2-7,17H,1H2,(H2,11,12,13)/p+1/t5-,6+,7+/m0/s1. The number of nitrogens with two attached hydrogens (primary N) is 1. The quantitative estimate of drug-likeness (QED) is 0.533. The highest BCUT2D eigenvalue weighted by atomic mass is 16.5. The molecule has 0 amide bonds. The molecule has 0 aliphatic carbocycles. The molecular formula is C10H12N5O3+. The van der Waals surface area contributed by atoms with Crippen LogP contribution in [-0.2, 0) is 4.74 Å². The summed E-state index contributed by atoms with van der Waals surface area (Å²) < 4.78 is 7.15. The Labute approximate surface area is 101 Å². The first-order valence-electron chi connectivity index (χ1n) is 5.45. The summed E-state index contributed by atoms with van der Waals surface area (Å²) in [6.45, 7) is 0. The number of anilines is 1. The molecule has 1 aliphatic heterocycles. The van der Waals surface area contributed by atoms with Crippen LogP contribution in [0.4, 0.5) is 5.82 Å². The van der Waals surface area contributed by atoms with E-state index in [0.717, 1.165) is 6.29 Å². The molecule has 1 aliphatic rings. The minimum Gasteiger partial charge on any atom is -0.390 e. The lowest BCUT2D eigenvalue weighted by molar-refractivity contribution is 0.0190. The van der Waals surface area contributed by atoms with Crippen molar-refractivity contribution >= 4 is 23.3 Å². The lowest BCUT2D eigenvalue weighted by Gasteiger charge is -2.11. The van der Waals surface area contributed by atoms with Gasteiger partial charge < -0.3 is 15.6 Å². The van der Waals surface area contributed by atoms with Gasteiger partial charge in [-0.1, -0.05) is 0 Å². The molecule has 0 aromatic carbocycles. The number of nitrogens with zero attached hydrogens (tertiary/aromatic N) is 4. The summed E-state index contributed by atoms with van der Waals surface area (Å²) >= 11 is 0. The molecule has 94 valence electrons. The summed E-state index contributed by atoms with van der Waals surface area (Å²) in [5.41, 5.74) is 6.72. The third-order valence-corrected chi connectivity index (χ3v) is 2.98. The number of aldehydes is 1. The molecule has 3 atom stereocenters. The number of imidazole rings is 1. The van der Waals surface area contributed by atoms with Gasteiger partial charge in [0.15, 0.2) is 17.6 Å². The number of aliphatic hydroxyl groups excluding tert-OH is 1. The zero-order chi connectivity index (χ0) is 12.7. The Hall–Kier alpha value is -2.06. The summed E-state index contributed by atoms with van der Waals surface area (Å²) in [7, 11) is 0. The highest BCUT2D eigenvalue weighted by molar-refractivity contribution is 5.81. The lowest BCUT2D eigenvalue weighted by atomic mass is 10.2. The van der Waals surface area contributed by atoms with E-state index in [2.05, 4.69) is 15.0 Å². The zero-order valence-electron chi connectivity index (χ0n) is 9.34. The maximum atomic E-state index is 9.68. The van der Waals surface area contributed by atoms with Crippen molar-refractivity contribution in [2.45, 2.75) is 24.9 Å². The van der Waals surface area contributed by atoms with Crippen molar-refractivity contribution in [3.05, 3.63) is 12.7 Å². The van der Waals surface area contributed by atoms with E-state index in [4.69, 9.17) is 15.3 Å². The Morgan fingerprint density at radius 1 is 1.50 bits per heavy atom. The largest absolute Gasteiger partial charge is 0.390 e. The number of ether oxygens (including phenoxy) is 1. The number of rotatable bonds is 2. The van der Waals surface area contributed by atoms with E-state index in [1.165, 1.54) is 12.7 Å². The molecule has 0 saturated carbocycles. The van der Waals surface area contributed by atoms with Crippen LogP contribution in [0.5, 0.6) is 0 Å². The maximum absolute atomic E-state index is 9.68. The van der Waals surface area contributed by atoms with Crippen LogP contribution in [0.25, 0.3) is 11.2 Å². The molecule has 1 fully saturated rings. The Kier molecular flexibility index (Phi) is 2.46. The summed E-state index contributed by atoms with van der Waals surface area (Å²) in [6.07, 6.45) is 2.17. The first-order chi connectivity index (χ1) is 8.70. The van der Waals surface area contributed by atoms with Gasteiger partial charge in [-0.25, -0.2) is 15.0 Å². The van der Waals surface area contributed by atoms with Crippen LogP contribution in [-0.4, -0.2) is 47.9 Å². The van der Waals surface area contributed by atoms with Gasteiger partial charge in [0.05, 0.1) is 12.4 Å². The summed E-state index contributed by atoms with van der Waals surface area (Å²) in [5, 5.41) is 9.68. The van der Waals surface area contributed by atoms with Gasteiger partial charge in [-0.05, 0) is 0 Å². The van der Waals surface area contributed by atoms with Gasteiger partial charge in [0.2, 0.25) is 0 Å². The Morgan fingerprint density at radius 2 is 2.33 bits per heavy atom. The molecule has 1 saturated heterocycles. The molecular weight excluding hydrogens is 238 g/mol. The molecule has 3 rings (SSSR count).